The average molecular weight is 292 g/mol. The van der Waals surface area contributed by atoms with Gasteiger partial charge in [0.15, 0.2) is 0 Å². The summed E-state index contributed by atoms with van der Waals surface area (Å²) in [6, 6.07) is 4.09. The van der Waals surface area contributed by atoms with Crippen LogP contribution in [0, 0.1) is 10.1 Å². The van der Waals surface area contributed by atoms with Gasteiger partial charge in [0.1, 0.15) is 5.69 Å². The van der Waals surface area contributed by atoms with Gasteiger partial charge in [-0.05, 0) is 18.1 Å². The molecule has 112 valence electrons. The van der Waals surface area contributed by atoms with Crippen LogP contribution >= 0.6 is 0 Å². The first-order chi connectivity index (χ1) is 10.0. The van der Waals surface area contributed by atoms with Gasteiger partial charge in [-0.3, -0.25) is 19.8 Å². The van der Waals surface area contributed by atoms with Crippen molar-refractivity contribution in [3.63, 3.8) is 0 Å². The summed E-state index contributed by atoms with van der Waals surface area (Å²) in [7, 11) is 0. The SMILES string of the molecule is CCCNc1cc(CN2C(=O)CNC2=O)ccc1[N+](=O)[O-]. The van der Waals surface area contributed by atoms with E-state index in [1.165, 1.54) is 6.07 Å². The lowest BCUT2D eigenvalue weighted by molar-refractivity contribution is -0.384. The van der Waals surface area contributed by atoms with Gasteiger partial charge in [-0.1, -0.05) is 13.0 Å². The van der Waals surface area contributed by atoms with Crippen LogP contribution in [-0.2, 0) is 11.3 Å². The molecule has 8 nitrogen and oxygen atoms in total. The largest absolute Gasteiger partial charge is 0.379 e. The molecule has 1 aromatic carbocycles. The summed E-state index contributed by atoms with van der Waals surface area (Å²) in [5.41, 5.74) is 1.03. The predicted octanol–water partition coefficient (Wildman–Crippen LogP) is 1.47. The highest BCUT2D eigenvalue weighted by atomic mass is 16.6. The molecule has 21 heavy (non-hydrogen) atoms. The van der Waals surface area contributed by atoms with Crippen LogP contribution in [0.5, 0.6) is 0 Å². The van der Waals surface area contributed by atoms with Gasteiger partial charge < -0.3 is 10.6 Å². The molecule has 1 aromatic rings. The van der Waals surface area contributed by atoms with Gasteiger partial charge in [0.2, 0.25) is 5.91 Å². The van der Waals surface area contributed by atoms with Gasteiger partial charge in [-0.2, -0.15) is 0 Å². The van der Waals surface area contributed by atoms with Crippen LogP contribution < -0.4 is 10.6 Å². The van der Waals surface area contributed by atoms with Crippen LogP contribution in [0.25, 0.3) is 0 Å². The molecule has 1 aliphatic heterocycles. The van der Waals surface area contributed by atoms with Crippen molar-refractivity contribution in [2.75, 3.05) is 18.4 Å². The number of urea groups is 1. The summed E-state index contributed by atoms with van der Waals surface area (Å²) in [5, 5.41) is 16.4. The fourth-order valence-electron chi connectivity index (χ4n) is 2.04. The number of hydrogen-bond acceptors (Lipinski definition) is 5. The number of amides is 3. The van der Waals surface area contributed by atoms with Gasteiger partial charge in [-0.15, -0.1) is 0 Å². The van der Waals surface area contributed by atoms with Crippen LogP contribution in [0.15, 0.2) is 18.2 Å². The number of nitro groups is 1. The molecule has 0 saturated carbocycles. The molecule has 0 aromatic heterocycles. The second-order valence-electron chi connectivity index (χ2n) is 4.67. The van der Waals surface area contributed by atoms with Crippen molar-refractivity contribution in [2.45, 2.75) is 19.9 Å². The fourth-order valence-corrected chi connectivity index (χ4v) is 2.04. The number of imide groups is 1. The minimum Gasteiger partial charge on any atom is -0.379 e. The second-order valence-corrected chi connectivity index (χ2v) is 4.67. The zero-order chi connectivity index (χ0) is 15.4. The number of hydrogen-bond donors (Lipinski definition) is 2. The lowest BCUT2D eigenvalue weighted by atomic mass is 10.1. The Morgan fingerprint density at radius 1 is 1.43 bits per heavy atom. The van der Waals surface area contributed by atoms with E-state index in [0.717, 1.165) is 11.3 Å². The lowest BCUT2D eigenvalue weighted by Crippen LogP contribution is -2.30. The first-order valence-electron chi connectivity index (χ1n) is 6.62. The van der Waals surface area contributed by atoms with E-state index in [1.807, 2.05) is 6.92 Å². The minimum absolute atomic E-state index is 0.00719. The van der Waals surface area contributed by atoms with Crippen molar-refractivity contribution in [2.24, 2.45) is 0 Å². The molecule has 2 N–H and O–H groups in total. The Morgan fingerprint density at radius 2 is 2.19 bits per heavy atom. The first-order valence-corrected chi connectivity index (χ1v) is 6.62. The fraction of sp³-hybridized carbons (Fsp3) is 0.385. The van der Waals surface area contributed by atoms with E-state index < -0.39 is 11.0 Å². The summed E-state index contributed by atoms with van der Waals surface area (Å²) < 4.78 is 0. The van der Waals surface area contributed by atoms with Crippen LogP contribution in [0.2, 0.25) is 0 Å². The molecule has 0 atom stereocenters. The average Bonchev–Trinajstić information content (AvgIpc) is 2.77. The zero-order valence-electron chi connectivity index (χ0n) is 11.6. The Hall–Kier alpha value is -2.64. The molecule has 0 spiro atoms. The Bertz CT molecular complexity index is 572. The number of rotatable bonds is 6. The first kappa shape index (κ1) is 14.8. The minimum atomic E-state index is -0.463. The summed E-state index contributed by atoms with van der Waals surface area (Å²) in [6.07, 6.45) is 0.828. The third-order valence-electron chi connectivity index (χ3n) is 3.10. The molecular weight excluding hydrogens is 276 g/mol. The van der Waals surface area contributed by atoms with Crippen LogP contribution in [0.4, 0.5) is 16.2 Å². The number of benzene rings is 1. The molecule has 0 bridgehead atoms. The monoisotopic (exact) mass is 292 g/mol. The van der Waals surface area contributed by atoms with Gasteiger partial charge >= 0.3 is 6.03 Å². The maximum Gasteiger partial charge on any atom is 0.324 e. The Morgan fingerprint density at radius 3 is 2.76 bits per heavy atom. The third-order valence-corrected chi connectivity index (χ3v) is 3.10. The van der Waals surface area contributed by atoms with Crippen molar-refractivity contribution < 1.29 is 14.5 Å². The smallest absolute Gasteiger partial charge is 0.324 e. The molecule has 1 aliphatic rings. The number of anilines is 1. The Kier molecular flexibility index (Phi) is 4.36. The number of carbonyl (C=O) groups excluding carboxylic acids is 2. The van der Waals surface area contributed by atoms with Crippen molar-refractivity contribution in [3.8, 4) is 0 Å². The van der Waals surface area contributed by atoms with Gasteiger partial charge in [0, 0.05) is 12.6 Å². The summed E-state index contributed by atoms with van der Waals surface area (Å²) in [4.78, 5) is 34.6. The quantitative estimate of drug-likeness (QED) is 0.469. The van der Waals surface area contributed by atoms with Crippen molar-refractivity contribution in [3.05, 3.63) is 33.9 Å². The van der Waals surface area contributed by atoms with Crippen molar-refractivity contribution in [1.82, 2.24) is 10.2 Å². The van der Waals surface area contributed by atoms with E-state index >= 15 is 0 Å². The standard InChI is InChI=1S/C13H16N4O4/c1-2-5-14-10-6-9(3-4-11(10)17(20)21)8-16-12(18)7-15-13(16)19/h3-4,6,14H,2,5,7-8H2,1H3,(H,15,19). The molecule has 0 aliphatic carbocycles. The number of nitro benzene ring substituents is 1. The van der Waals surface area contributed by atoms with E-state index in [9.17, 15) is 19.7 Å². The highest BCUT2D eigenvalue weighted by Crippen LogP contribution is 2.26. The van der Waals surface area contributed by atoms with E-state index in [1.54, 1.807) is 12.1 Å². The summed E-state index contributed by atoms with van der Waals surface area (Å²) in [5.74, 6) is -0.304. The van der Waals surface area contributed by atoms with Crippen molar-refractivity contribution >= 4 is 23.3 Å². The predicted molar refractivity (Wildman–Crippen MR) is 75.8 cm³/mol. The van der Waals surface area contributed by atoms with E-state index in [4.69, 9.17) is 0 Å². The number of nitrogens with one attached hydrogen (secondary N) is 2. The molecule has 1 heterocycles. The molecule has 8 heteroatoms. The number of nitrogens with zero attached hydrogens (tertiary/aromatic N) is 2. The molecule has 0 radical (unpaired) electrons. The van der Waals surface area contributed by atoms with Crippen molar-refractivity contribution in [1.29, 1.82) is 0 Å². The molecule has 1 saturated heterocycles. The van der Waals surface area contributed by atoms with E-state index in [2.05, 4.69) is 10.6 Å². The normalized spacial score (nSPS) is 14.2. The Balaban J connectivity index is 2.22. The van der Waals surface area contributed by atoms with Gasteiger partial charge in [-0.25, -0.2) is 4.79 Å². The maximum atomic E-state index is 11.5. The van der Waals surface area contributed by atoms with Gasteiger partial charge in [0.25, 0.3) is 5.69 Å². The molecule has 0 unspecified atom stereocenters. The highest BCUT2D eigenvalue weighted by molar-refractivity contribution is 6.01. The highest BCUT2D eigenvalue weighted by Gasteiger charge is 2.28. The van der Waals surface area contributed by atoms with Crippen LogP contribution in [0.3, 0.4) is 0 Å². The summed E-state index contributed by atoms with van der Waals surface area (Å²) in [6.45, 7) is 2.65. The molecular formula is C13H16N4O4. The third kappa shape index (κ3) is 3.28. The van der Waals surface area contributed by atoms with Gasteiger partial charge in [0.05, 0.1) is 18.0 Å². The van der Waals surface area contributed by atoms with Crippen LogP contribution in [0.1, 0.15) is 18.9 Å². The maximum absolute atomic E-state index is 11.5. The van der Waals surface area contributed by atoms with E-state index in [-0.39, 0.29) is 24.7 Å². The summed E-state index contributed by atoms with van der Waals surface area (Å²) >= 11 is 0. The number of carbonyl (C=O) groups is 2. The topological polar surface area (TPSA) is 105 Å². The molecule has 3 amide bonds. The second kappa shape index (κ2) is 6.21. The van der Waals surface area contributed by atoms with E-state index in [0.29, 0.717) is 17.8 Å². The molecule has 2 rings (SSSR count). The molecule has 1 fully saturated rings. The zero-order valence-corrected chi connectivity index (χ0v) is 11.6. The Labute approximate surface area is 121 Å². The van der Waals surface area contributed by atoms with Crippen LogP contribution in [-0.4, -0.2) is 34.9 Å². The lowest BCUT2D eigenvalue weighted by Gasteiger charge is -2.13.